The molecule has 1 aromatic rings. The van der Waals surface area contributed by atoms with E-state index in [1.807, 2.05) is 0 Å². The molecule has 5 heteroatoms. The zero-order valence-corrected chi connectivity index (χ0v) is 12.7. The van der Waals surface area contributed by atoms with E-state index in [2.05, 4.69) is 22.5 Å². The maximum absolute atomic E-state index is 12.1. The number of halogens is 1. The van der Waals surface area contributed by atoms with E-state index in [0.717, 1.165) is 25.3 Å². The molecular formula is C15H22ClN3O. The second-order valence-electron chi connectivity index (χ2n) is 5.30. The van der Waals surface area contributed by atoms with Crippen molar-refractivity contribution in [2.45, 2.75) is 39.0 Å². The second kappa shape index (κ2) is 7.48. The number of amides is 1. The zero-order valence-electron chi connectivity index (χ0n) is 11.9. The second-order valence-corrected chi connectivity index (χ2v) is 5.70. The number of aromatic nitrogens is 1. The molecule has 2 rings (SSSR count). The molecular weight excluding hydrogens is 274 g/mol. The Morgan fingerprint density at radius 1 is 1.40 bits per heavy atom. The van der Waals surface area contributed by atoms with Gasteiger partial charge in [0.25, 0.3) is 5.91 Å². The molecule has 1 aliphatic rings. The van der Waals surface area contributed by atoms with Crippen molar-refractivity contribution in [1.29, 1.82) is 0 Å². The Bertz CT molecular complexity index is 460. The average Bonchev–Trinajstić information content (AvgIpc) is 2.40. The van der Waals surface area contributed by atoms with Gasteiger partial charge in [-0.2, -0.15) is 0 Å². The smallest absolute Gasteiger partial charge is 0.271 e. The molecule has 1 amide bonds. The normalized spacial score (nSPS) is 14.7. The van der Waals surface area contributed by atoms with Crippen LogP contribution in [0.2, 0.25) is 5.02 Å². The molecule has 1 heterocycles. The van der Waals surface area contributed by atoms with Gasteiger partial charge >= 0.3 is 0 Å². The van der Waals surface area contributed by atoms with Crippen molar-refractivity contribution < 1.29 is 4.79 Å². The van der Waals surface area contributed by atoms with Crippen molar-refractivity contribution >= 4 is 23.3 Å². The molecule has 0 aromatic carbocycles. The van der Waals surface area contributed by atoms with E-state index in [-0.39, 0.29) is 5.91 Å². The standard InChI is InChI=1S/C15H22ClN3O/c1-2-9-17-13-7-6-12(16)14(19-13)15(20)18-10-8-11-4-3-5-11/h6-7,11H,2-5,8-10H2,1H3,(H,17,19)(H,18,20). The summed E-state index contributed by atoms with van der Waals surface area (Å²) in [7, 11) is 0. The Balaban J connectivity index is 1.89. The van der Waals surface area contributed by atoms with Crippen LogP contribution < -0.4 is 10.6 Å². The van der Waals surface area contributed by atoms with Crippen molar-refractivity contribution in [3.05, 3.63) is 22.8 Å². The van der Waals surface area contributed by atoms with E-state index in [9.17, 15) is 4.79 Å². The van der Waals surface area contributed by atoms with Crippen molar-refractivity contribution in [2.75, 3.05) is 18.4 Å². The number of hydrogen-bond acceptors (Lipinski definition) is 3. The number of nitrogens with zero attached hydrogens (tertiary/aromatic N) is 1. The van der Waals surface area contributed by atoms with Gasteiger partial charge < -0.3 is 10.6 Å². The van der Waals surface area contributed by atoms with Crippen LogP contribution in [0.1, 0.15) is 49.5 Å². The number of anilines is 1. The molecule has 20 heavy (non-hydrogen) atoms. The lowest BCUT2D eigenvalue weighted by atomic mass is 9.83. The predicted octanol–water partition coefficient (Wildman–Crippen LogP) is 3.48. The van der Waals surface area contributed by atoms with Gasteiger partial charge in [-0.1, -0.05) is 37.8 Å². The highest BCUT2D eigenvalue weighted by Crippen LogP contribution is 2.28. The van der Waals surface area contributed by atoms with E-state index in [1.54, 1.807) is 12.1 Å². The third-order valence-electron chi connectivity index (χ3n) is 3.68. The molecule has 1 aromatic heterocycles. The molecule has 1 aliphatic carbocycles. The van der Waals surface area contributed by atoms with Gasteiger partial charge in [0.15, 0.2) is 0 Å². The first-order chi connectivity index (χ1) is 9.70. The summed E-state index contributed by atoms with van der Waals surface area (Å²) in [6.07, 6.45) is 5.98. The summed E-state index contributed by atoms with van der Waals surface area (Å²) >= 11 is 6.05. The maximum atomic E-state index is 12.1. The first-order valence-corrected chi connectivity index (χ1v) is 7.77. The molecule has 1 fully saturated rings. The third-order valence-corrected chi connectivity index (χ3v) is 3.99. The molecule has 4 nitrogen and oxygen atoms in total. The first-order valence-electron chi connectivity index (χ1n) is 7.39. The fraction of sp³-hybridized carbons (Fsp3) is 0.600. The average molecular weight is 296 g/mol. The zero-order chi connectivity index (χ0) is 14.4. The Labute approximate surface area is 125 Å². The number of carbonyl (C=O) groups is 1. The quantitative estimate of drug-likeness (QED) is 0.810. The van der Waals surface area contributed by atoms with Gasteiger partial charge in [-0.15, -0.1) is 0 Å². The lowest BCUT2D eigenvalue weighted by Gasteiger charge is -2.25. The highest BCUT2D eigenvalue weighted by molar-refractivity contribution is 6.33. The van der Waals surface area contributed by atoms with Crippen molar-refractivity contribution in [2.24, 2.45) is 5.92 Å². The SMILES string of the molecule is CCCNc1ccc(Cl)c(C(=O)NCCC2CCC2)n1. The molecule has 0 saturated heterocycles. The molecule has 0 spiro atoms. The molecule has 1 saturated carbocycles. The molecule has 0 aliphatic heterocycles. The summed E-state index contributed by atoms with van der Waals surface area (Å²) in [5.74, 6) is 1.30. The number of carbonyl (C=O) groups excluding carboxylic acids is 1. The predicted molar refractivity (Wildman–Crippen MR) is 82.3 cm³/mol. The van der Waals surface area contributed by atoms with Crippen LogP contribution in [-0.2, 0) is 0 Å². The summed E-state index contributed by atoms with van der Waals surface area (Å²) in [6.45, 7) is 3.61. The van der Waals surface area contributed by atoms with Crippen LogP contribution in [0.15, 0.2) is 12.1 Å². The fourth-order valence-electron chi connectivity index (χ4n) is 2.21. The highest BCUT2D eigenvalue weighted by Gasteiger charge is 2.18. The van der Waals surface area contributed by atoms with Crippen molar-refractivity contribution in [3.63, 3.8) is 0 Å². The van der Waals surface area contributed by atoms with Gasteiger partial charge in [0.1, 0.15) is 11.5 Å². The van der Waals surface area contributed by atoms with Crippen LogP contribution in [0.25, 0.3) is 0 Å². The molecule has 0 bridgehead atoms. The van der Waals surface area contributed by atoms with Gasteiger partial charge in [-0.05, 0) is 30.9 Å². The van der Waals surface area contributed by atoms with Crippen LogP contribution in [0, 0.1) is 5.92 Å². The van der Waals surface area contributed by atoms with Crippen LogP contribution in [-0.4, -0.2) is 24.0 Å². The molecule has 0 radical (unpaired) electrons. The largest absolute Gasteiger partial charge is 0.370 e. The fourth-order valence-corrected chi connectivity index (χ4v) is 2.40. The summed E-state index contributed by atoms with van der Waals surface area (Å²) in [4.78, 5) is 16.4. The lowest BCUT2D eigenvalue weighted by molar-refractivity contribution is 0.0944. The lowest BCUT2D eigenvalue weighted by Crippen LogP contribution is -2.28. The van der Waals surface area contributed by atoms with E-state index in [1.165, 1.54) is 19.3 Å². The maximum Gasteiger partial charge on any atom is 0.271 e. The summed E-state index contributed by atoms with van der Waals surface area (Å²) in [5, 5.41) is 6.46. The minimum atomic E-state index is -0.186. The van der Waals surface area contributed by atoms with Gasteiger partial charge in [-0.25, -0.2) is 4.98 Å². The Hall–Kier alpha value is -1.29. The molecule has 0 atom stereocenters. The van der Waals surface area contributed by atoms with Gasteiger partial charge in [0, 0.05) is 13.1 Å². The topological polar surface area (TPSA) is 54.0 Å². The van der Waals surface area contributed by atoms with Crippen molar-refractivity contribution in [1.82, 2.24) is 10.3 Å². The third kappa shape index (κ3) is 4.10. The van der Waals surface area contributed by atoms with E-state index >= 15 is 0 Å². The van der Waals surface area contributed by atoms with Crippen LogP contribution in [0.3, 0.4) is 0 Å². The Kier molecular flexibility index (Phi) is 5.65. The van der Waals surface area contributed by atoms with Gasteiger partial charge in [0.2, 0.25) is 0 Å². The molecule has 2 N–H and O–H groups in total. The van der Waals surface area contributed by atoms with Gasteiger partial charge in [0.05, 0.1) is 5.02 Å². The van der Waals surface area contributed by atoms with Gasteiger partial charge in [-0.3, -0.25) is 4.79 Å². The number of nitrogens with one attached hydrogen (secondary N) is 2. The van der Waals surface area contributed by atoms with Crippen LogP contribution >= 0.6 is 11.6 Å². The van der Waals surface area contributed by atoms with Crippen molar-refractivity contribution in [3.8, 4) is 0 Å². The number of pyridine rings is 1. The Morgan fingerprint density at radius 2 is 2.20 bits per heavy atom. The number of hydrogen-bond donors (Lipinski definition) is 2. The minimum absolute atomic E-state index is 0.186. The van der Waals surface area contributed by atoms with E-state index in [0.29, 0.717) is 23.1 Å². The van der Waals surface area contributed by atoms with Crippen LogP contribution in [0.5, 0.6) is 0 Å². The van der Waals surface area contributed by atoms with E-state index in [4.69, 9.17) is 11.6 Å². The van der Waals surface area contributed by atoms with E-state index < -0.39 is 0 Å². The first kappa shape index (κ1) is 15.1. The Morgan fingerprint density at radius 3 is 2.85 bits per heavy atom. The summed E-state index contributed by atoms with van der Waals surface area (Å²) in [5.41, 5.74) is 0.307. The summed E-state index contributed by atoms with van der Waals surface area (Å²) in [6, 6.07) is 3.51. The van der Waals surface area contributed by atoms with Crippen LogP contribution in [0.4, 0.5) is 5.82 Å². The summed E-state index contributed by atoms with van der Waals surface area (Å²) < 4.78 is 0. The highest BCUT2D eigenvalue weighted by atomic mass is 35.5. The molecule has 110 valence electrons. The number of rotatable bonds is 7. The monoisotopic (exact) mass is 295 g/mol. The molecule has 0 unspecified atom stereocenters. The minimum Gasteiger partial charge on any atom is -0.370 e.